The van der Waals surface area contributed by atoms with Gasteiger partial charge in [0.2, 0.25) is 0 Å². The highest BCUT2D eigenvalue weighted by Crippen LogP contribution is 2.39. The van der Waals surface area contributed by atoms with Gasteiger partial charge in [-0.3, -0.25) is 0 Å². The third-order valence-electron chi connectivity index (χ3n) is 4.50. The van der Waals surface area contributed by atoms with E-state index in [9.17, 15) is 0 Å². The summed E-state index contributed by atoms with van der Waals surface area (Å²) in [5, 5.41) is 0. The molecule has 0 radical (unpaired) electrons. The van der Waals surface area contributed by atoms with Crippen molar-refractivity contribution in [3.05, 3.63) is 52.5 Å². The molecule has 0 heterocycles. The lowest BCUT2D eigenvalue weighted by molar-refractivity contribution is 0.328. The summed E-state index contributed by atoms with van der Waals surface area (Å²) in [5.41, 5.74) is 2.52. The third-order valence-corrected chi connectivity index (χ3v) is 5.12. The van der Waals surface area contributed by atoms with Gasteiger partial charge in [0, 0.05) is 24.7 Å². The van der Waals surface area contributed by atoms with Crippen LogP contribution in [0.3, 0.4) is 0 Å². The molecule has 27 heavy (non-hydrogen) atoms. The van der Waals surface area contributed by atoms with Crippen molar-refractivity contribution < 1.29 is 9.47 Å². The molecule has 0 atom stereocenters. The van der Waals surface area contributed by atoms with E-state index in [4.69, 9.17) is 9.47 Å². The minimum atomic E-state index is 0.386. The maximum Gasteiger partial charge on any atom is 0.143 e. The second-order valence-electron chi connectivity index (χ2n) is 6.85. The van der Waals surface area contributed by atoms with Crippen molar-refractivity contribution in [3.8, 4) is 11.5 Å². The van der Waals surface area contributed by atoms with Gasteiger partial charge in [0.05, 0.1) is 23.4 Å². The van der Waals surface area contributed by atoms with Crippen molar-refractivity contribution in [2.75, 3.05) is 24.7 Å². The number of benzene rings is 2. The molecule has 0 bridgehead atoms. The van der Waals surface area contributed by atoms with E-state index in [0.717, 1.165) is 41.0 Å². The summed E-state index contributed by atoms with van der Waals surface area (Å²) < 4.78 is 12.7. The molecular formula is C23H32BrNO2. The Bertz CT molecular complexity index is 688. The van der Waals surface area contributed by atoms with Gasteiger partial charge >= 0.3 is 0 Å². The topological polar surface area (TPSA) is 21.7 Å². The average Bonchev–Trinajstić information content (AvgIpc) is 2.65. The van der Waals surface area contributed by atoms with Gasteiger partial charge in [0.1, 0.15) is 11.5 Å². The van der Waals surface area contributed by atoms with Crippen molar-refractivity contribution in [2.45, 2.75) is 53.0 Å². The number of halogens is 1. The summed E-state index contributed by atoms with van der Waals surface area (Å²) in [6.45, 7) is 10.8. The molecule has 0 aliphatic carbocycles. The molecule has 3 nitrogen and oxygen atoms in total. The Kier molecular flexibility index (Phi) is 8.99. The average molecular weight is 434 g/mol. The van der Waals surface area contributed by atoms with Crippen LogP contribution in [0.5, 0.6) is 11.5 Å². The Morgan fingerprint density at radius 2 is 1.59 bits per heavy atom. The highest BCUT2D eigenvalue weighted by Gasteiger charge is 2.18. The van der Waals surface area contributed by atoms with Gasteiger partial charge in [-0.2, -0.15) is 0 Å². The van der Waals surface area contributed by atoms with Gasteiger partial charge < -0.3 is 14.4 Å². The monoisotopic (exact) mass is 433 g/mol. The van der Waals surface area contributed by atoms with Crippen molar-refractivity contribution in [2.24, 2.45) is 0 Å². The van der Waals surface area contributed by atoms with E-state index < -0.39 is 0 Å². The molecule has 148 valence electrons. The third kappa shape index (κ3) is 6.46. The van der Waals surface area contributed by atoms with Crippen LogP contribution in [0.15, 0.2) is 46.9 Å². The van der Waals surface area contributed by atoms with Crippen LogP contribution < -0.4 is 14.4 Å². The molecule has 0 spiro atoms. The van der Waals surface area contributed by atoms with Crippen molar-refractivity contribution in [1.82, 2.24) is 0 Å². The lowest BCUT2D eigenvalue weighted by Crippen LogP contribution is -2.32. The maximum absolute atomic E-state index is 5.93. The zero-order chi connectivity index (χ0) is 19.6. The highest BCUT2D eigenvalue weighted by atomic mass is 79.9. The molecule has 0 amide bonds. The van der Waals surface area contributed by atoms with E-state index in [1.54, 1.807) is 0 Å². The molecule has 0 aliphatic rings. The number of ether oxygens (including phenoxy) is 2. The number of rotatable bonds is 11. The summed E-state index contributed by atoms with van der Waals surface area (Å²) in [7, 11) is 0. The predicted octanol–water partition coefficient (Wildman–Crippen LogP) is 6.48. The first-order chi connectivity index (χ1) is 13.1. The lowest BCUT2D eigenvalue weighted by atomic mass is 10.1. The largest absolute Gasteiger partial charge is 0.493 e. The molecule has 2 rings (SSSR count). The fraction of sp³-hybridized carbons (Fsp3) is 0.478. The molecule has 0 aliphatic heterocycles. The van der Waals surface area contributed by atoms with Crippen LogP contribution in [-0.2, 0) is 6.42 Å². The number of unbranched alkanes of at least 4 members (excludes halogenated alkanes) is 1. The molecular weight excluding hydrogens is 402 g/mol. The molecule has 0 saturated carbocycles. The molecule has 0 N–H and O–H groups in total. The molecule has 0 fully saturated rings. The Morgan fingerprint density at radius 3 is 2.22 bits per heavy atom. The maximum atomic E-state index is 5.93. The number of aryl methyl sites for hydroxylation is 1. The first-order valence-corrected chi connectivity index (χ1v) is 10.8. The van der Waals surface area contributed by atoms with Crippen LogP contribution in [0.4, 0.5) is 5.69 Å². The van der Waals surface area contributed by atoms with E-state index in [2.05, 4.69) is 71.1 Å². The zero-order valence-corrected chi connectivity index (χ0v) is 18.6. The summed E-state index contributed by atoms with van der Waals surface area (Å²) in [6.07, 6.45) is 3.43. The Balaban J connectivity index is 2.12. The van der Waals surface area contributed by atoms with Crippen LogP contribution in [0.1, 0.15) is 46.1 Å². The lowest BCUT2D eigenvalue weighted by Gasteiger charge is -2.31. The van der Waals surface area contributed by atoms with E-state index in [1.165, 1.54) is 12.0 Å². The van der Waals surface area contributed by atoms with E-state index in [0.29, 0.717) is 19.3 Å². The Hall–Kier alpha value is -1.68. The van der Waals surface area contributed by atoms with Crippen LogP contribution >= 0.6 is 15.9 Å². The first kappa shape index (κ1) is 21.6. The minimum absolute atomic E-state index is 0.386. The fourth-order valence-electron chi connectivity index (χ4n) is 3.20. The summed E-state index contributed by atoms with van der Waals surface area (Å²) in [4.78, 5) is 2.42. The second-order valence-corrected chi connectivity index (χ2v) is 7.70. The summed E-state index contributed by atoms with van der Waals surface area (Å²) >= 11 is 3.60. The van der Waals surface area contributed by atoms with Gasteiger partial charge in [0.15, 0.2) is 0 Å². The van der Waals surface area contributed by atoms with Crippen molar-refractivity contribution >= 4 is 21.6 Å². The molecule has 0 unspecified atom stereocenters. The number of nitrogens with zero attached hydrogens (tertiary/aromatic N) is 1. The van der Waals surface area contributed by atoms with Gasteiger partial charge in [-0.25, -0.2) is 0 Å². The number of hydrogen-bond donors (Lipinski definition) is 0. The van der Waals surface area contributed by atoms with Gasteiger partial charge in [-0.05, 0) is 68.5 Å². The Labute approximate surface area is 172 Å². The van der Waals surface area contributed by atoms with E-state index in [1.807, 2.05) is 19.9 Å². The van der Waals surface area contributed by atoms with E-state index in [-0.39, 0.29) is 0 Å². The van der Waals surface area contributed by atoms with Gasteiger partial charge in [-0.15, -0.1) is 0 Å². The molecule has 0 aromatic heterocycles. The van der Waals surface area contributed by atoms with Crippen LogP contribution in [0.25, 0.3) is 0 Å². The molecule has 2 aromatic rings. The zero-order valence-electron chi connectivity index (χ0n) is 17.0. The van der Waals surface area contributed by atoms with Crippen LogP contribution in [0, 0.1) is 0 Å². The van der Waals surface area contributed by atoms with Crippen molar-refractivity contribution in [3.63, 3.8) is 0 Å². The second kappa shape index (κ2) is 11.2. The molecule has 2 aromatic carbocycles. The number of hydrogen-bond acceptors (Lipinski definition) is 3. The minimum Gasteiger partial charge on any atom is -0.493 e. The SMILES string of the molecule is CCOc1cc(N(CCCCc2ccccc2)C(C)C)c(OCC)cc1Br. The number of anilines is 1. The Morgan fingerprint density at radius 1 is 0.926 bits per heavy atom. The van der Waals surface area contributed by atoms with Gasteiger partial charge in [-0.1, -0.05) is 30.3 Å². The van der Waals surface area contributed by atoms with Crippen LogP contribution in [0.2, 0.25) is 0 Å². The summed E-state index contributed by atoms with van der Waals surface area (Å²) in [6, 6.07) is 15.2. The summed E-state index contributed by atoms with van der Waals surface area (Å²) in [5.74, 6) is 1.77. The first-order valence-electron chi connectivity index (χ1n) is 9.96. The fourth-order valence-corrected chi connectivity index (χ4v) is 3.64. The quantitative estimate of drug-likeness (QED) is 0.378. The standard InChI is InChI=1S/C23H32BrNO2/c1-5-26-22-17-21(23(27-6-2)16-20(22)24)25(18(3)4)15-11-10-14-19-12-8-7-9-13-19/h7-9,12-13,16-18H,5-6,10-11,14-15H2,1-4H3. The van der Waals surface area contributed by atoms with Crippen molar-refractivity contribution in [1.29, 1.82) is 0 Å². The molecule has 0 saturated heterocycles. The predicted molar refractivity (Wildman–Crippen MR) is 118 cm³/mol. The van der Waals surface area contributed by atoms with E-state index >= 15 is 0 Å². The molecule has 4 heteroatoms. The highest BCUT2D eigenvalue weighted by molar-refractivity contribution is 9.10. The smallest absolute Gasteiger partial charge is 0.143 e. The van der Waals surface area contributed by atoms with Crippen LogP contribution in [-0.4, -0.2) is 25.8 Å². The van der Waals surface area contributed by atoms with Gasteiger partial charge in [0.25, 0.3) is 0 Å². The normalized spacial score (nSPS) is 10.9.